The quantitative estimate of drug-likeness (QED) is 0.790. The van der Waals surface area contributed by atoms with E-state index in [9.17, 15) is 21.6 Å². The number of alkyl halides is 3. The Morgan fingerprint density at radius 1 is 1.18 bits per heavy atom. The van der Waals surface area contributed by atoms with E-state index >= 15 is 0 Å². The Labute approximate surface area is 129 Å². The van der Waals surface area contributed by atoms with Gasteiger partial charge in [0, 0.05) is 19.2 Å². The van der Waals surface area contributed by atoms with Crippen LogP contribution in [-0.2, 0) is 14.8 Å². The second-order valence-corrected chi connectivity index (χ2v) is 7.96. The predicted molar refractivity (Wildman–Crippen MR) is 76.0 cm³/mol. The molecule has 2 fully saturated rings. The number of sulfonamides is 1. The molecular formula is C13H23F3N2O3S. The smallest absolute Gasteiger partial charge is 0.380 e. The molecule has 0 amide bonds. The van der Waals surface area contributed by atoms with E-state index in [0.717, 1.165) is 45.6 Å². The minimum Gasteiger partial charge on any atom is -0.380 e. The average molecular weight is 344 g/mol. The number of ether oxygens (including phenoxy) is 1. The van der Waals surface area contributed by atoms with Gasteiger partial charge in [-0.25, -0.2) is 13.1 Å². The van der Waals surface area contributed by atoms with Gasteiger partial charge in [-0.2, -0.15) is 13.2 Å². The third-order valence-corrected chi connectivity index (χ3v) is 5.67. The standard InChI is InChI=1S/C13H23F3N2O3S/c14-13(15,16)4-8-22(19,20)17-9-11-1-5-18(6-2-11)12-3-7-21-10-12/h11-12,17H,1-10H2/t12-/m1/s1. The van der Waals surface area contributed by atoms with Gasteiger partial charge in [0.05, 0.1) is 18.8 Å². The van der Waals surface area contributed by atoms with Gasteiger partial charge < -0.3 is 4.74 Å². The zero-order valence-electron chi connectivity index (χ0n) is 12.4. The molecule has 1 N–H and O–H groups in total. The second kappa shape index (κ2) is 7.46. The van der Waals surface area contributed by atoms with Gasteiger partial charge in [-0.3, -0.25) is 4.90 Å². The summed E-state index contributed by atoms with van der Waals surface area (Å²) in [5.41, 5.74) is 0. The Bertz CT molecular complexity index is 442. The van der Waals surface area contributed by atoms with Crippen LogP contribution in [0.1, 0.15) is 25.7 Å². The van der Waals surface area contributed by atoms with Gasteiger partial charge in [0.2, 0.25) is 10.0 Å². The molecule has 2 rings (SSSR count). The van der Waals surface area contributed by atoms with Crippen molar-refractivity contribution >= 4 is 10.0 Å². The van der Waals surface area contributed by atoms with Gasteiger partial charge in [-0.05, 0) is 38.3 Å². The molecule has 2 saturated heterocycles. The summed E-state index contributed by atoms with van der Waals surface area (Å²) in [6, 6.07) is 0.462. The predicted octanol–water partition coefficient (Wildman–Crippen LogP) is 1.36. The molecule has 0 unspecified atom stereocenters. The van der Waals surface area contributed by atoms with Crippen LogP contribution < -0.4 is 4.72 Å². The van der Waals surface area contributed by atoms with E-state index in [4.69, 9.17) is 4.74 Å². The summed E-state index contributed by atoms with van der Waals surface area (Å²) in [6.45, 7) is 3.57. The Morgan fingerprint density at radius 2 is 1.86 bits per heavy atom. The van der Waals surface area contributed by atoms with Crippen molar-refractivity contribution in [2.24, 2.45) is 5.92 Å². The summed E-state index contributed by atoms with van der Waals surface area (Å²) in [5, 5.41) is 0. The lowest BCUT2D eigenvalue weighted by molar-refractivity contribution is -0.129. The van der Waals surface area contributed by atoms with Crippen LogP contribution >= 0.6 is 0 Å². The minimum atomic E-state index is -4.44. The lowest BCUT2D eigenvalue weighted by Gasteiger charge is -2.35. The molecule has 0 radical (unpaired) electrons. The van der Waals surface area contributed by atoms with Crippen molar-refractivity contribution in [3.05, 3.63) is 0 Å². The maximum absolute atomic E-state index is 12.1. The molecule has 0 aromatic rings. The van der Waals surface area contributed by atoms with Crippen LogP contribution in [0.25, 0.3) is 0 Å². The molecule has 9 heteroatoms. The van der Waals surface area contributed by atoms with Crippen LogP contribution in [0.15, 0.2) is 0 Å². The maximum Gasteiger partial charge on any atom is 0.390 e. The molecule has 0 aromatic carbocycles. The molecule has 2 heterocycles. The number of rotatable bonds is 6. The molecule has 0 saturated carbocycles. The molecule has 1 atom stereocenters. The molecule has 130 valence electrons. The van der Waals surface area contributed by atoms with Crippen molar-refractivity contribution in [1.29, 1.82) is 0 Å². The SMILES string of the molecule is O=S(=O)(CCC(F)(F)F)NCC1CCN([C@@H]2CCOC2)CC1. The van der Waals surface area contributed by atoms with Gasteiger partial charge in [-0.15, -0.1) is 0 Å². The molecule has 22 heavy (non-hydrogen) atoms. The number of likely N-dealkylation sites (tertiary alicyclic amines) is 1. The molecule has 0 aromatic heterocycles. The Hall–Kier alpha value is -0.380. The van der Waals surface area contributed by atoms with Crippen LogP contribution in [-0.4, -0.2) is 64.1 Å². The van der Waals surface area contributed by atoms with Gasteiger partial charge in [-0.1, -0.05) is 0 Å². The fourth-order valence-electron chi connectivity index (χ4n) is 2.90. The van der Waals surface area contributed by atoms with Crippen LogP contribution in [0.3, 0.4) is 0 Å². The summed E-state index contributed by atoms with van der Waals surface area (Å²) in [7, 11) is -3.85. The Balaban J connectivity index is 1.67. The number of nitrogens with zero attached hydrogens (tertiary/aromatic N) is 1. The number of nitrogens with one attached hydrogen (secondary N) is 1. The second-order valence-electron chi connectivity index (χ2n) is 6.03. The first-order valence-corrected chi connectivity index (χ1v) is 9.26. The third kappa shape index (κ3) is 6.02. The lowest BCUT2D eigenvalue weighted by atomic mass is 9.96. The third-order valence-electron chi connectivity index (χ3n) is 4.32. The lowest BCUT2D eigenvalue weighted by Crippen LogP contribution is -2.44. The Kier molecular flexibility index (Phi) is 6.09. The van der Waals surface area contributed by atoms with E-state index in [2.05, 4.69) is 9.62 Å². The van der Waals surface area contributed by atoms with Crippen LogP contribution in [0.4, 0.5) is 13.2 Å². The van der Waals surface area contributed by atoms with Gasteiger partial charge in [0.25, 0.3) is 0 Å². The zero-order chi connectivity index (χ0) is 16.2. The number of hydrogen-bond acceptors (Lipinski definition) is 4. The summed E-state index contributed by atoms with van der Waals surface area (Å²) in [4.78, 5) is 2.36. The first-order valence-electron chi connectivity index (χ1n) is 7.61. The highest BCUT2D eigenvalue weighted by Gasteiger charge is 2.31. The summed E-state index contributed by atoms with van der Waals surface area (Å²) >= 11 is 0. The fraction of sp³-hybridized carbons (Fsp3) is 1.00. The van der Waals surface area contributed by atoms with E-state index in [1.54, 1.807) is 0 Å². The molecule has 0 spiro atoms. The first kappa shape index (κ1) is 18.0. The Morgan fingerprint density at radius 3 is 2.41 bits per heavy atom. The molecule has 0 bridgehead atoms. The van der Waals surface area contributed by atoms with Crippen LogP contribution in [0.5, 0.6) is 0 Å². The molecule has 2 aliphatic heterocycles. The molecular weight excluding hydrogens is 321 g/mol. The van der Waals surface area contributed by atoms with E-state index < -0.39 is 28.4 Å². The van der Waals surface area contributed by atoms with Crippen molar-refractivity contribution in [3.8, 4) is 0 Å². The van der Waals surface area contributed by atoms with Crippen molar-refractivity contribution in [3.63, 3.8) is 0 Å². The number of hydrogen-bond donors (Lipinski definition) is 1. The van der Waals surface area contributed by atoms with Crippen LogP contribution in [0, 0.1) is 5.92 Å². The van der Waals surface area contributed by atoms with Gasteiger partial charge in [0.1, 0.15) is 0 Å². The molecule has 0 aliphatic carbocycles. The largest absolute Gasteiger partial charge is 0.390 e. The monoisotopic (exact) mass is 344 g/mol. The first-order chi connectivity index (χ1) is 10.3. The highest BCUT2D eigenvalue weighted by molar-refractivity contribution is 7.89. The van der Waals surface area contributed by atoms with E-state index in [-0.39, 0.29) is 12.5 Å². The van der Waals surface area contributed by atoms with Crippen LogP contribution in [0.2, 0.25) is 0 Å². The highest BCUT2D eigenvalue weighted by Crippen LogP contribution is 2.23. The fourth-order valence-corrected chi connectivity index (χ4v) is 4.03. The number of piperidine rings is 1. The zero-order valence-corrected chi connectivity index (χ0v) is 13.3. The van der Waals surface area contributed by atoms with Crippen molar-refractivity contribution in [2.75, 3.05) is 38.6 Å². The summed E-state index contributed by atoms with van der Waals surface area (Å²) in [5.74, 6) is -0.700. The van der Waals surface area contributed by atoms with Crippen molar-refractivity contribution in [2.45, 2.75) is 37.9 Å². The topological polar surface area (TPSA) is 58.6 Å². The summed E-state index contributed by atoms with van der Waals surface area (Å²) < 4.78 is 67.0. The number of halogens is 3. The average Bonchev–Trinajstić information content (AvgIpc) is 2.97. The van der Waals surface area contributed by atoms with Gasteiger partial charge >= 0.3 is 6.18 Å². The maximum atomic E-state index is 12.1. The van der Waals surface area contributed by atoms with Gasteiger partial charge in [0.15, 0.2) is 0 Å². The van der Waals surface area contributed by atoms with E-state index in [1.807, 2.05) is 0 Å². The normalized spacial score (nSPS) is 25.7. The van der Waals surface area contributed by atoms with E-state index in [0.29, 0.717) is 6.04 Å². The highest BCUT2D eigenvalue weighted by atomic mass is 32.2. The van der Waals surface area contributed by atoms with E-state index in [1.165, 1.54) is 0 Å². The minimum absolute atomic E-state index is 0.194. The molecule has 5 nitrogen and oxygen atoms in total. The summed E-state index contributed by atoms with van der Waals surface area (Å²) in [6.07, 6.45) is -2.99. The van der Waals surface area contributed by atoms with Crippen molar-refractivity contribution < 1.29 is 26.3 Å². The molecule has 2 aliphatic rings. The van der Waals surface area contributed by atoms with Crippen molar-refractivity contribution in [1.82, 2.24) is 9.62 Å².